The first-order valence-electron chi connectivity index (χ1n) is 5.78. The molecule has 0 unspecified atom stereocenters. The van der Waals surface area contributed by atoms with Crippen LogP contribution in [0.5, 0.6) is 0 Å². The van der Waals surface area contributed by atoms with Crippen molar-refractivity contribution in [3.8, 4) is 0 Å². The quantitative estimate of drug-likeness (QED) is 0.496. The molecule has 0 bridgehead atoms. The van der Waals surface area contributed by atoms with Gasteiger partial charge in [-0.1, -0.05) is 0 Å². The minimum Gasteiger partial charge on any atom is -0.273 e. The summed E-state index contributed by atoms with van der Waals surface area (Å²) in [7, 11) is 0. The van der Waals surface area contributed by atoms with Crippen molar-refractivity contribution in [3.05, 3.63) is 44.6 Å². The van der Waals surface area contributed by atoms with E-state index in [0.29, 0.717) is 4.88 Å². The Labute approximate surface area is 122 Å². The Morgan fingerprint density at radius 1 is 1.62 bits per heavy atom. The van der Waals surface area contributed by atoms with E-state index in [-0.39, 0.29) is 29.7 Å². The number of hydrogen-bond donors (Lipinski definition) is 1. The van der Waals surface area contributed by atoms with Crippen LogP contribution in [0.1, 0.15) is 11.3 Å². The average Bonchev–Trinajstić information content (AvgIpc) is 3.05. The van der Waals surface area contributed by atoms with E-state index in [1.165, 1.54) is 23.2 Å². The molecule has 2 rings (SSSR count). The van der Waals surface area contributed by atoms with Gasteiger partial charge in [0.25, 0.3) is 0 Å². The Kier molecular flexibility index (Phi) is 4.72. The summed E-state index contributed by atoms with van der Waals surface area (Å²) in [6.07, 6.45) is 3.76. The SMILES string of the molecule is O=C(CCn1cc([N+](=O)[O-])cn1)N/N=C/c1ccc(F)s1. The summed E-state index contributed by atoms with van der Waals surface area (Å²) >= 11 is 0.910. The highest BCUT2D eigenvalue weighted by Crippen LogP contribution is 2.11. The number of carbonyl (C=O) groups excluding carboxylic acids is 1. The van der Waals surface area contributed by atoms with Crippen LogP contribution in [0.2, 0.25) is 0 Å². The zero-order chi connectivity index (χ0) is 15.2. The monoisotopic (exact) mass is 311 g/mol. The van der Waals surface area contributed by atoms with Crippen molar-refractivity contribution in [1.29, 1.82) is 0 Å². The fraction of sp³-hybridized carbons (Fsp3) is 0.182. The molecule has 8 nitrogen and oxygen atoms in total. The topological polar surface area (TPSA) is 102 Å². The maximum atomic E-state index is 12.7. The number of nitro groups is 1. The molecule has 2 aromatic heterocycles. The largest absolute Gasteiger partial charge is 0.306 e. The predicted molar refractivity (Wildman–Crippen MR) is 73.5 cm³/mol. The number of nitrogens with zero attached hydrogens (tertiary/aromatic N) is 4. The van der Waals surface area contributed by atoms with E-state index < -0.39 is 4.92 Å². The number of carbonyl (C=O) groups is 1. The Morgan fingerprint density at radius 2 is 2.43 bits per heavy atom. The van der Waals surface area contributed by atoms with E-state index >= 15 is 0 Å². The van der Waals surface area contributed by atoms with Crippen LogP contribution >= 0.6 is 11.3 Å². The fourth-order valence-corrected chi connectivity index (χ4v) is 2.01. The van der Waals surface area contributed by atoms with Gasteiger partial charge < -0.3 is 0 Å². The number of aryl methyl sites for hydroxylation is 1. The van der Waals surface area contributed by atoms with Crippen molar-refractivity contribution < 1.29 is 14.1 Å². The van der Waals surface area contributed by atoms with E-state index in [1.54, 1.807) is 6.07 Å². The van der Waals surface area contributed by atoms with Gasteiger partial charge in [-0.05, 0) is 12.1 Å². The smallest absolute Gasteiger partial charge is 0.273 e. The molecule has 2 heterocycles. The molecule has 0 aliphatic rings. The molecule has 0 atom stereocenters. The minimum atomic E-state index is -0.561. The van der Waals surface area contributed by atoms with Crippen molar-refractivity contribution in [3.63, 3.8) is 0 Å². The van der Waals surface area contributed by atoms with Crippen LogP contribution < -0.4 is 5.43 Å². The minimum absolute atomic E-state index is 0.0645. The van der Waals surface area contributed by atoms with Crippen LogP contribution in [0.3, 0.4) is 0 Å². The maximum Gasteiger partial charge on any atom is 0.306 e. The molecule has 0 aliphatic carbocycles. The second kappa shape index (κ2) is 6.70. The number of aromatic nitrogens is 2. The predicted octanol–water partition coefficient (Wildman–Crippen LogP) is 1.53. The van der Waals surface area contributed by atoms with E-state index in [2.05, 4.69) is 15.6 Å². The second-order valence-electron chi connectivity index (χ2n) is 3.90. The molecule has 0 aromatic carbocycles. The third-order valence-electron chi connectivity index (χ3n) is 2.37. The summed E-state index contributed by atoms with van der Waals surface area (Å²) in [4.78, 5) is 22.0. The average molecular weight is 311 g/mol. The Bertz CT molecular complexity index is 681. The fourth-order valence-electron chi connectivity index (χ4n) is 1.41. The third-order valence-corrected chi connectivity index (χ3v) is 3.18. The molecule has 1 N–H and O–H groups in total. The lowest BCUT2D eigenvalue weighted by Crippen LogP contribution is -2.19. The van der Waals surface area contributed by atoms with E-state index in [4.69, 9.17) is 0 Å². The van der Waals surface area contributed by atoms with E-state index in [1.807, 2.05) is 0 Å². The van der Waals surface area contributed by atoms with Gasteiger partial charge in [0.1, 0.15) is 12.4 Å². The van der Waals surface area contributed by atoms with Crippen molar-refractivity contribution in [2.24, 2.45) is 5.10 Å². The first-order chi connectivity index (χ1) is 10.0. The highest BCUT2D eigenvalue weighted by atomic mass is 32.1. The summed E-state index contributed by atoms with van der Waals surface area (Å²) in [5.74, 6) is -0.374. The summed E-state index contributed by atoms with van der Waals surface area (Å²) in [5, 5.41) is 17.6. The zero-order valence-corrected chi connectivity index (χ0v) is 11.4. The van der Waals surface area contributed by atoms with Crippen LogP contribution in [0.4, 0.5) is 10.1 Å². The number of nitrogens with one attached hydrogen (secondary N) is 1. The lowest BCUT2D eigenvalue weighted by Gasteiger charge is -1.99. The number of amides is 1. The molecule has 0 saturated carbocycles. The summed E-state index contributed by atoms with van der Waals surface area (Å²) in [6.45, 7) is 0.197. The Hall–Kier alpha value is -2.62. The molecule has 1 amide bonds. The van der Waals surface area contributed by atoms with Gasteiger partial charge >= 0.3 is 5.69 Å². The molecule has 21 heavy (non-hydrogen) atoms. The van der Waals surface area contributed by atoms with Crippen molar-refractivity contribution in [2.75, 3.05) is 0 Å². The molecular formula is C11H10FN5O3S. The molecule has 110 valence electrons. The number of thiophene rings is 1. The van der Waals surface area contributed by atoms with Gasteiger partial charge in [-0.2, -0.15) is 14.6 Å². The third kappa shape index (κ3) is 4.45. The number of halogens is 1. The maximum absolute atomic E-state index is 12.7. The Morgan fingerprint density at radius 3 is 3.05 bits per heavy atom. The van der Waals surface area contributed by atoms with Crippen molar-refractivity contribution in [2.45, 2.75) is 13.0 Å². The van der Waals surface area contributed by atoms with Gasteiger partial charge in [-0.25, -0.2) is 5.43 Å². The molecular weight excluding hydrogens is 301 g/mol. The summed E-state index contributed by atoms with van der Waals surface area (Å²) in [6, 6.07) is 2.84. The Balaban J connectivity index is 1.76. The standard InChI is InChI=1S/C11H10FN5O3S/c12-10-2-1-9(21-10)6-13-15-11(18)3-4-16-7-8(5-14-16)17(19)20/h1-2,5-7H,3-4H2,(H,15,18)/b13-6+. The van der Waals surface area contributed by atoms with Crippen LogP contribution in [0, 0.1) is 15.2 Å². The number of hydrogen-bond acceptors (Lipinski definition) is 6. The molecule has 0 spiro atoms. The first-order valence-corrected chi connectivity index (χ1v) is 6.60. The second-order valence-corrected chi connectivity index (χ2v) is 4.97. The van der Waals surface area contributed by atoms with E-state index in [9.17, 15) is 19.3 Å². The summed E-state index contributed by atoms with van der Waals surface area (Å²) in [5.41, 5.74) is 2.15. The van der Waals surface area contributed by atoms with Gasteiger partial charge in [0.15, 0.2) is 5.13 Å². The molecule has 10 heteroatoms. The van der Waals surface area contributed by atoms with Crippen molar-refractivity contribution >= 4 is 29.1 Å². The van der Waals surface area contributed by atoms with Crippen LogP contribution in [0.25, 0.3) is 0 Å². The van der Waals surface area contributed by atoms with Crippen molar-refractivity contribution in [1.82, 2.24) is 15.2 Å². The number of rotatable bonds is 6. The van der Waals surface area contributed by atoms with Crippen LogP contribution in [0.15, 0.2) is 29.6 Å². The zero-order valence-electron chi connectivity index (χ0n) is 10.6. The molecule has 2 aromatic rings. The van der Waals surface area contributed by atoms with Gasteiger partial charge in [0, 0.05) is 6.42 Å². The molecule has 0 radical (unpaired) electrons. The molecule has 0 saturated heterocycles. The lowest BCUT2D eigenvalue weighted by molar-refractivity contribution is -0.385. The molecule has 0 fully saturated rings. The molecule has 0 aliphatic heterocycles. The highest BCUT2D eigenvalue weighted by molar-refractivity contribution is 7.12. The number of hydrazone groups is 1. The van der Waals surface area contributed by atoms with Gasteiger partial charge in [-0.3, -0.25) is 19.6 Å². The van der Waals surface area contributed by atoms with Crippen LogP contribution in [-0.4, -0.2) is 26.8 Å². The van der Waals surface area contributed by atoms with Gasteiger partial charge in [0.2, 0.25) is 5.91 Å². The summed E-state index contributed by atoms with van der Waals surface area (Å²) < 4.78 is 14.0. The normalized spacial score (nSPS) is 10.9. The first kappa shape index (κ1) is 14.8. The van der Waals surface area contributed by atoms with Gasteiger partial charge in [-0.15, -0.1) is 11.3 Å². The van der Waals surface area contributed by atoms with E-state index in [0.717, 1.165) is 17.5 Å². The lowest BCUT2D eigenvalue weighted by atomic mass is 10.4. The van der Waals surface area contributed by atoms with Crippen LogP contribution in [-0.2, 0) is 11.3 Å². The highest BCUT2D eigenvalue weighted by Gasteiger charge is 2.09. The van der Waals surface area contributed by atoms with Gasteiger partial charge in [0.05, 0.1) is 22.6 Å².